The molecule has 0 unspecified atom stereocenters. The average molecular weight is 369 g/mol. The molecule has 1 heterocycles. The van der Waals surface area contributed by atoms with E-state index in [1.807, 2.05) is 89.6 Å². The van der Waals surface area contributed by atoms with Crippen LogP contribution in [-0.4, -0.2) is 23.8 Å². The Kier molecular flexibility index (Phi) is 4.89. The van der Waals surface area contributed by atoms with E-state index < -0.39 is 0 Å². The van der Waals surface area contributed by atoms with E-state index in [-0.39, 0.29) is 5.91 Å². The number of amides is 1. The third kappa shape index (κ3) is 3.50. The van der Waals surface area contributed by atoms with Crippen molar-refractivity contribution in [1.82, 2.24) is 9.99 Å². The first-order valence-electron chi connectivity index (χ1n) is 8.89. The summed E-state index contributed by atoms with van der Waals surface area (Å²) in [5, 5.41) is 6.11. The number of fused-ring (bicyclic) bond motifs is 1. The van der Waals surface area contributed by atoms with E-state index in [9.17, 15) is 4.79 Å². The number of hydrogen-bond acceptors (Lipinski definition) is 3. The van der Waals surface area contributed by atoms with Gasteiger partial charge in [-0.3, -0.25) is 4.79 Å². The summed E-state index contributed by atoms with van der Waals surface area (Å²) in [5.74, 6) is 0.190. The van der Waals surface area contributed by atoms with Gasteiger partial charge in [0.05, 0.1) is 24.6 Å². The van der Waals surface area contributed by atoms with E-state index >= 15 is 0 Å². The van der Waals surface area contributed by atoms with Crippen LogP contribution in [0.2, 0.25) is 0 Å². The van der Waals surface area contributed by atoms with Crippen molar-refractivity contribution in [3.05, 3.63) is 96.3 Å². The maximum Gasteiger partial charge on any atom is 0.275 e. The van der Waals surface area contributed by atoms with Crippen LogP contribution in [0.15, 0.2) is 90.2 Å². The first-order valence-corrected chi connectivity index (χ1v) is 8.89. The first kappa shape index (κ1) is 17.5. The fraction of sp³-hybridized carbons (Fsp3) is 0.0435. The van der Waals surface area contributed by atoms with Crippen LogP contribution in [0, 0.1) is 0 Å². The van der Waals surface area contributed by atoms with Crippen LogP contribution in [0.4, 0.5) is 0 Å². The van der Waals surface area contributed by atoms with E-state index in [0.29, 0.717) is 11.3 Å². The molecule has 0 spiro atoms. The fourth-order valence-electron chi connectivity index (χ4n) is 3.11. The molecule has 28 heavy (non-hydrogen) atoms. The molecule has 4 aromatic rings. The van der Waals surface area contributed by atoms with Crippen molar-refractivity contribution in [1.29, 1.82) is 0 Å². The van der Waals surface area contributed by atoms with E-state index in [1.165, 1.54) is 0 Å². The Balaban J connectivity index is 1.56. The summed E-state index contributed by atoms with van der Waals surface area (Å²) in [6.07, 6.45) is 3.57. The molecule has 1 amide bonds. The highest BCUT2D eigenvalue weighted by atomic mass is 16.5. The molecule has 0 aliphatic rings. The molecular weight excluding hydrogens is 350 g/mol. The van der Waals surface area contributed by atoms with Gasteiger partial charge in [-0.1, -0.05) is 42.5 Å². The highest BCUT2D eigenvalue weighted by molar-refractivity contribution is 6.01. The van der Waals surface area contributed by atoms with E-state index in [2.05, 4.69) is 10.5 Å². The van der Waals surface area contributed by atoms with Gasteiger partial charge in [0.15, 0.2) is 0 Å². The molecule has 5 heteroatoms. The lowest BCUT2D eigenvalue weighted by atomic mass is 10.1. The number of nitrogens with one attached hydrogen (secondary N) is 1. The first-order chi connectivity index (χ1) is 13.8. The molecule has 0 aliphatic heterocycles. The lowest BCUT2D eigenvalue weighted by Crippen LogP contribution is -2.18. The second-order valence-corrected chi connectivity index (χ2v) is 6.24. The summed E-state index contributed by atoms with van der Waals surface area (Å²) in [7, 11) is 1.55. The number of methoxy groups -OCH3 is 1. The summed E-state index contributed by atoms with van der Waals surface area (Å²) in [6, 6.07) is 25.3. The van der Waals surface area contributed by atoms with Crippen LogP contribution in [0.3, 0.4) is 0 Å². The van der Waals surface area contributed by atoms with Crippen molar-refractivity contribution < 1.29 is 9.53 Å². The number of carbonyl (C=O) groups excluding carboxylic acids is 1. The zero-order valence-electron chi connectivity index (χ0n) is 15.4. The van der Waals surface area contributed by atoms with Crippen molar-refractivity contribution in [2.75, 3.05) is 7.11 Å². The predicted octanol–water partition coefficient (Wildman–Crippen LogP) is 4.40. The largest absolute Gasteiger partial charge is 0.496 e. The highest BCUT2D eigenvalue weighted by Gasteiger charge is 2.13. The normalized spacial score (nSPS) is 11.0. The zero-order valence-corrected chi connectivity index (χ0v) is 15.4. The predicted molar refractivity (Wildman–Crippen MR) is 111 cm³/mol. The molecule has 0 fully saturated rings. The lowest BCUT2D eigenvalue weighted by molar-refractivity contribution is 0.0952. The number of aromatic nitrogens is 1. The quantitative estimate of drug-likeness (QED) is 0.419. The topological polar surface area (TPSA) is 55.6 Å². The zero-order chi connectivity index (χ0) is 19.3. The van der Waals surface area contributed by atoms with Gasteiger partial charge in [0, 0.05) is 11.9 Å². The molecule has 5 nitrogen and oxygen atoms in total. The number of ether oxygens (including phenoxy) is 1. The van der Waals surface area contributed by atoms with Crippen LogP contribution in [0.1, 0.15) is 16.1 Å². The number of hydrazone groups is 1. The minimum Gasteiger partial charge on any atom is -0.496 e. The Labute approximate surface area is 162 Å². The van der Waals surface area contributed by atoms with Gasteiger partial charge in [-0.05, 0) is 47.2 Å². The highest BCUT2D eigenvalue weighted by Crippen LogP contribution is 2.25. The summed E-state index contributed by atoms with van der Waals surface area (Å²) in [4.78, 5) is 12.6. The molecule has 0 saturated carbocycles. The number of nitrogens with zero attached hydrogens (tertiary/aromatic N) is 2. The van der Waals surface area contributed by atoms with Crippen molar-refractivity contribution in [2.45, 2.75) is 0 Å². The SMILES string of the molecule is COc1cc2ccccc2cc1C(=O)NN=Cc1cccn1-c1ccccc1. The van der Waals surface area contributed by atoms with Crippen molar-refractivity contribution in [3.63, 3.8) is 0 Å². The minimum atomic E-state index is -0.323. The summed E-state index contributed by atoms with van der Waals surface area (Å²) >= 11 is 0. The molecule has 0 aliphatic carbocycles. The Morgan fingerprint density at radius 2 is 1.68 bits per heavy atom. The lowest BCUT2D eigenvalue weighted by Gasteiger charge is -2.09. The van der Waals surface area contributed by atoms with E-state index in [4.69, 9.17) is 4.74 Å². The maximum atomic E-state index is 12.6. The van der Waals surface area contributed by atoms with E-state index in [1.54, 1.807) is 13.3 Å². The Bertz CT molecular complexity index is 1150. The molecule has 0 radical (unpaired) electrons. The fourth-order valence-corrected chi connectivity index (χ4v) is 3.11. The molecule has 4 rings (SSSR count). The third-order valence-electron chi connectivity index (χ3n) is 4.49. The molecule has 0 atom stereocenters. The van der Waals surface area contributed by atoms with Gasteiger partial charge in [-0.25, -0.2) is 5.43 Å². The molecule has 1 N–H and O–H groups in total. The monoisotopic (exact) mass is 369 g/mol. The van der Waals surface area contributed by atoms with Crippen molar-refractivity contribution >= 4 is 22.9 Å². The van der Waals surface area contributed by atoms with Crippen LogP contribution < -0.4 is 10.2 Å². The third-order valence-corrected chi connectivity index (χ3v) is 4.49. The van der Waals surface area contributed by atoms with Crippen molar-refractivity contribution in [2.24, 2.45) is 5.10 Å². The molecular formula is C23H19N3O2. The van der Waals surface area contributed by atoms with Crippen LogP contribution in [-0.2, 0) is 0 Å². The number of rotatable bonds is 5. The van der Waals surface area contributed by atoms with Gasteiger partial charge in [0.2, 0.25) is 0 Å². The number of hydrogen-bond donors (Lipinski definition) is 1. The summed E-state index contributed by atoms with van der Waals surface area (Å²) in [6.45, 7) is 0. The maximum absolute atomic E-state index is 12.6. The van der Waals surface area contributed by atoms with E-state index in [0.717, 1.165) is 22.2 Å². The van der Waals surface area contributed by atoms with Gasteiger partial charge in [-0.15, -0.1) is 0 Å². The standard InChI is InChI=1S/C23H19N3O2/c1-28-22-15-18-9-6-5-8-17(18)14-21(22)23(27)25-24-16-20-12-7-13-26(20)19-10-3-2-4-11-19/h2-16H,1H3,(H,25,27). The van der Waals surface area contributed by atoms with Gasteiger partial charge >= 0.3 is 0 Å². The molecule has 138 valence electrons. The Morgan fingerprint density at radius 1 is 0.964 bits per heavy atom. The molecule has 3 aromatic carbocycles. The summed E-state index contributed by atoms with van der Waals surface area (Å²) < 4.78 is 7.38. The van der Waals surface area contributed by atoms with Gasteiger partial charge in [-0.2, -0.15) is 5.10 Å². The number of carbonyl (C=O) groups is 1. The molecule has 1 aromatic heterocycles. The van der Waals surface area contributed by atoms with Gasteiger partial charge in [0.25, 0.3) is 5.91 Å². The molecule has 0 saturated heterocycles. The number of benzene rings is 3. The second kappa shape index (κ2) is 7.80. The van der Waals surface area contributed by atoms with Gasteiger partial charge < -0.3 is 9.30 Å². The Morgan fingerprint density at radius 3 is 2.43 bits per heavy atom. The van der Waals surface area contributed by atoms with Crippen LogP contribution in [0.5, 0.6) is 5.75 Å². The van der Waals surface area contributed by atoms with Crippen LogP contribution in [0.25, 0.3) is 16.5 Å². The average Bonchev–Trinajstić information content (AvgIpc) is 3.21. The van der Waals surface area contributed by atoms with Crippen LogP contribution >= 0.6 is 0 Å². The minimum absolute atomic E-state index is 0.323. The number of para-hydroxylation sites is 1. The summed E-state index contributed by atoms with van der Waals surface area (Å²) in [5.41, 5.74) is 4.92. The van der Waals surface area contributed by atoms with Gasteiger partial charge in [0.1, 0.15) is 5.75 Å². The second-order valence-electron chi connectivity index (χ2n) is 6.24. The smallest absolute Gasteiger partial charge is 0.275 e. The molecule has 0 bridgehead atoms. The Hall–Kier alpha value is -3.86. The van der Waals surface area contributed by atoms with Crippen molar-refractivity contribution in [3.8, 4) is 11.4 Å².